The van der Waals surface area contributed by atoms with E-state index in [4.69, 9.17) is 14.2 Å². The Morgan fingerprint density at radius 1 is 1.30 bits per heavy atom. The summed E-state index contributed by atoms with van der Waals surface area (Å²) in [7, 11) is 1.69. The lowest BCUT2D eigenvalue weighted by atomic mass is 10.0. The first-order chi connectivity index (χ1) is 17.8. The number of ether oxygens (including phenoxy) is 3. The van der Waals surface area contributed by atoms with Crippen LogP contribution >= 0.6 is 0 Å². The summed E-state index contributed by atoms with van der Waals surface area (Å²) in [5.41, 5.74) is 1.28. The van der Waals surface area contributed by atoms with Gasteiger partial charge in [0, 0.05) is 50.8 Å². The van der Waals surface area contributed by atoms with E-state index in [0.29, 0.717) is 62.0 Å². The van der Waals surface area contributed by atoms with Crippen LogP contribution in [0.3, 0.4) is 0 Å². The van der Waals surface area contributed by atoms with Gasteiger partial charge in [-0.3, -0.25) is 9.48 Å². The van der Waals surface area contributed by atoms with Crippen molar-refractivity contribution in [3.63, 3.8) is 0 Å². The van der Waals surface area contributed by atoms with Crippen molar-refractivity contribution in [1.29, 1.82) is 0 Å². The fourth-order valence-corrected chi connectivity index (χ4v) is 4.39. The van der Waals surface area contributed by atoms with Gasteiger partial charge in [0.25, 0.3) is 0 Å². The highest BCUT2D eigenvalue weighted by Crippen LogP contribution is 2.32. The first kappa shape index (κ1) is 26.7. The molecule has 2 aliphatic rings. The van der Waals surface area contributed by atoms with Crippen LogP contribution in [0.5, 0.6) is 11.5 Å². The summed E-state index contributed by atoms with van der Waals surface area (Å²) in [6.45, 7) is 6.12. The number of benzene rings is 1. The highest BCUT2D eigenvalue weighted by Gasteiger charge is 2.29. The smallest absolute Gasteiger partial charge is 0.321 e. The number of nitrogens with one attached hydrogen (secondary N) is 1. The van der Waals surface area contributed by atoms with E-state index >= 15 is 0 Å². The standard InChI is InChI=1S/C25H36N6O6/c1-17-12-31(18(2)15-32)24(33)5-4-8-30-13-20(27-28-30)16-37-23(17)14-29(3)25(34)26-19-6-7-21-22(11-19)36-10-9-35-21/h6-7,11,13,17-18,23,32H,4-5,8-10,12,14-16H2,1-3H3,(H,26,34)/t17-,18-,23-/m1/s1. The first-order valence-electron chi connectivity index (χ1n) is 12.7. The normalized spacial score (nSPS) is 21.3. The van der Waals surface area contributed by atoms with Crippen LogP contribution in [0.25, 0.3) is 0 Å². The van der Waals surface area contributed by atoms with Crippen LogP contribution in [0.1, 0.15) is 32.4 Å². The summed E-state index contributed by atoms with van der Waals surface area (Å²) in [4.78, 5) is 29.3. The van der Waals surface area contributed by atoms with Gasteiger partial charge in [-0.25, -0.2) is 4.79 Å². The van der Waals surface area contributed by atoms with Crippen molar-refractivity contribution < 1.29 is 28.9 Å². The lowest BCUT2D eigenvalue weighted by Crippen LogP contribution is -2.48. The molecule has 2 bridgehead atoms. The van der Waals surface area contributed by atoms with Gasteiger partial charge < -0.3 is 34.4 Å². The Bertz CT molecular complexity index is 1080. The summed E-state index contributed by atoms with van der Waals surface area (Å²) in [6, 6.07) is 4.64. The number of aliphatic hydroxyl groups is 1. The van der Waals surface area contributed by atoms with Crippen molar-refractivity contribution in [2.45, 2.75) is 52.0 Å². The predicted octanol–water partition coefficient (Wildman–Crippen LogP) is 1.74. The Morgan fingerprint density at radius 2 is 2.08 bits per heavy atom. The molecule has 0 aliphatic carbocycles. The number of fused-ring (bicyclic) bond motifs is 3. The fraction of sp³-hybridized carbons (Fsp3) is 0.600. The van der Waals surface area contributed by atoms with Gasteiger partial charge in [-0.2, -0.15) is 0 Å². The molecule has 3 atom stereocenters. The lowest BCUT2D eigenvalue weighted by molar-refractivity contribution is -0.136. The van der Waals surface area contributed by atoms with Crippen LogP contribution in [-0.2, 0) is 22.7 Å². The van der Waals surface area contributed by atoms with Crippen LogP contribution in [0, 0.1) is 5.92 Å². The zero-order valence-corrected chi connectivity index (χ0v) is 21.6. The average molecular weight is 517 g/mol. The van der Waals surface area contributed by atoms with Crippen molar-refractivity contribution in [1.82, 2.24) is 24.8 Å². The van der Waals surface area contributed by atoms with Crippen LogP contribution in [-0.4, -0.2) is 93.9 Å². The van der Waals surface area contributed by atoms with Crippen LogP contribution in [0.15, 0.2) is 24.4 Å². The molecule has 0 saturated heterocycles. The molecule has 0 saturated carbocycles. The number of amides is 3. The molecule has 0 unspecified atom stereocenters. The number of hydrogen-bond acceptors (Lipinski definition) is 8. The van der Waals surface area contributed by atoms with Gasteiger partial charge in [-0.1, -0.05) is 12.1 Å². The molecule has 2 N–H and O–H groups in total. The Balaban J connectivity index is 1.46. The van der Waals surface area contributed by atoms with E-state index in [9.17, 15) is 14.7 Å². The molecule has 1 aromatic carbocycles. The molecule has 12 nitrogen and oxygen atoms in total. The number of rotatable bonds is 5. The molecule has 2 aliphatic heterocycles. The van der Waals surface area contributed by atoms with E-state index in [1.54, 1.807) is 39.7 Å². The van der Waals surface area contributed by atoms with Crippen molar-refractivity contribution in [3.8, 4) is 11.5 Å². The van der Waals surface area contributed by atoms with E-state index in [-0.39, 0.29) is 43.7 Å². The monoisotopic (exact) mass is 516 g/mol. The van der Waals surface area contributed by atoms with Gasteiger partial charge in [0.2, 0.25) is 5.91 Å². The quantitative estimate of drug-likeness (QED) is 0.614. The molecule has 0 fully saturated rings. The first-order valence-corrected chi connectivity index (χ1v) is 12.7. The maximum atomic E-state index is 13.0. The minimum absolute atomic E-state index is 0.0311. The maximum absolute atomic E-state index is 13.0. The number of aryl methyl sites for hydroxylation is 1. The molecule has 4 rings (SSSR count). The van der Waals surface area contributed by atoms with E-state index in [1.807, 2.05) is 20.0 Å². The van der Waals surface area contributed by atoms with Gasteiger partial charge in [0.1, 0.15) is 18.9 Å². The molecule has 2 aromatic rings. The third-order valence-corrected chi connectivity index (χ3v) is 6.64. The van der Waals surface area contributed by atoms with E-state index < -0.39 is 6.10 Å². The number of carbonyl (C=O) groups is 2. The summed E-state index contributed by atoms with van der Waals surface area (Å²) >= 11 is 0. The molecule has 202 valence electrons. The summed E-state index contributed by atoms with van der Waals surface area (Å²) < 4.78 is 19.1. The van der Waals surface area contributed by atoms with Crippen molar-refractivity contribution in [2.75, 3.05) is 45.3 Å². The maximum Gasteiger partial charge on any atom is 0.321 e. The highest BCUT2D eigenvalue weighted by molar-refractivity contribution is 5.89. The van der Waals surface area contributed by atoms with Crippen LogP contribution in [0.4, 0.5) is 10.5 Å². The summed E-state index contributed by atoms with van der Waals surface area (Å²) in [5.74, 6) is 1.08. The fourth-order valence-electron chi connectivity index (χ4n) is 4.39. The Hall–Kier alpha value is -3.38. The molecule has 0 spiro atoms. The molecule has 12 heteroatoms. The number of hydrogen-bond donors (Lipinski definition) is 2. The number of likely N-dealkylation sites (N-methyl/N-ethyl adjacent to an activating group) is 1. The minimum atomic E-state index is -0.400. The molecule has 37 heavy (non-hydrogen) atoms. The molecular weight excluding hydrogens is 480 g/mol. The topological polar surface area (TPSA) is 131 Å². The predicted molar refractivity (Wildman–Crippen MR) is 134 cm³/mol. The number of urea groups is 1. The Labute approximate surface area is 216 Å². The van der Waals surface area contributed by atoms with Gasteiger partial charge in [-0.05, 0) is 25.5 Å². The molecule has 3 heterocycles. The van der Waals surface area contributed by atoms with E-state index in [0.717, 1.165) is 0 Å². The second-order valence-electron chi connectivity index (χ2n) is 9.65. The Kier molecular flexibility index (Phi) is 8.82. The second-order valence-corrected chi connectivity index (χ2v) is 9.65. The van der Waals surface area contributed by atoms with E-state index in [2.05, 4.69) is 15.6 Å². The summed E-state index contributed by atoms with van der Waals surface area (Å²) in [5, 5.41) is 20.9. The second kappa shape index (κ2) is 12.2. The molecule has 3 amide bonds. The SMILES string of the molecule is C[C@@H]1CN([C@H](C)CO)C(=O)CCCn2cc(nn2)CO[C@@H]1CN(C)C(=O)Nc1ccc2c(c1)OCCO2. The third kappa shape index (κ3) is 6.89. The molecule has 1 aromatic heterocycles. The van der Waals surface area contributed by atoms with E-state index in [1.165, 1.54) is 0 Å². The van der Waals surface area contributed by atoms with Gasteiger partial charge in [0.05, 0.1) is 31.6 Å². The number of nitrogens with zero attached hydrogens (tertiary/aromatic N) is 5. The average Bonchev–Trinajstić information content (AvgIpc) is 3.36. The van der Waals surface area contributed by atoms with Crippen LogP contribution in [0.2, 0.25) is 0 Å². The van der Waals surface area contributed by atoms with Crippen molar-refractivity contribution >= 4 is 17.6 Å². The Morgan fingerprint density at radius 3 is 2.86 bits per heavy atom. The molecule has 0 radical (unpaired) electrons. The number of aromatic nitrogens is 3. The van der Waals surface area contributed by atoms with Gasteiger partial charge in [0.15, 0.2) is 11.5 Å². The zero-order valence-electron chi connectivity index (χ0n) is 21.6. The largest absolute Gasteiger partial charge is 0.486 e. The third-order valence-electron chi connectivity index (χ3n) is 6.64. The van der Waals surface area contributed by atoms with Crippen molar-refractivity contribution in [2.24, 2.45) is 5.92 Å². The minimum Gasteiger partial charge on any atom is -0.486 e. The summed E-state index contributed by atoms with van der Waals surface area (Å²) in [6.07, 6.45) is 2.38. The van der Waals surface area contributed by atoms with Crippen LogP contribution < -0.4 is 14.8 Å². The highest BCUT2D eigenvalue weighted by atomic mass is 16.6. The lowest BCUT2D eigenvalue weighted by Gasteiger charge is -2.35. The zero-order chi connectivity index (χ0) is 26.4. The van der Waals surface area contributed by atoms with Crippen molar-refractivity contribution in [3.05, 3.63) is 30.1 Å². The number of anilines is 1. The molecular formula is C25H36N6O6. The number of aliphatic hydroxyl groups excluding tert-OH is 1. The van der Waals surface area contributed by atoms with Gasteiger partial charge in [-0.15, -0.1) is 5.10 Å². The number of carbonyl (C=O) groups excluding carboxylic acids is 2. The van der Waals surface area contributed by atoms with Gasteiger partial charge >= 0.3 is 6.03 Å².